The van der Waals surface area contributed by atoms with Crippen molar-refractivity contribution in [3.8, 4) is 0 Å². The third kappa shape index (κ3) is 2.47. The van der Waals surface area contributed by atoms with Gasteiger partial charge in [0.1, 0.15) is 5.82 Å². The number of rotatable bonds is 3. The molecule has 2 aromatic carbocycles. The predicted molar refractivity (Wildman–Crippen MR) is 85.1 cm³/mol. The van der Waals surface area contributed by atoms with Gasteiger partial charge in [-0.15, -0.1) is 0 Å². The number of hydrogen-bond acceptors (Lipinski definition) is 3. The van der Waals surface area contributed by atoms with Crippen LogP contribution in [0.3, 0.4) is 0 Å². The van der Waals surface area contributed by atoms with Gasteiger partial charge in [-0.25, -0.2) is 4.39 Å². The van der Waals surface area contributed by atoms with Gasteiger partial charge in [0.2, 0.25) is 0 Å². The summed E-state index contributed by atoms with van der Waals surface area (Å²) in [5.41, 5.74) is 10.4. The Bertz CT molecular complexity index is 654. The van der Waals surface area contributed by atoms with Crippen LogP contribution in [0.25, 0.3) is 0 Å². The number of fused-ring (bicyclic) bond motifs is 1. The van der Waals surface area contributed by atoms with E-state index in [0.29, 0.717) is 6.54 Å². The second-order valence-corrected chi connectivity index (χ2v) is 5.64. The van der Waals surface area contributed by atoms with Crippen molar-refractivity contribution in [2.45, 2.75) is 12.6 Å². The number of nitrogens with two attached hydrogens (primary N) is 1. The lowest BCUT2D eigenvalue weighted by atomic mass is 10.0. The molecule has 1 unspecified atom stereocenters. The van der Waals surface area contributed by atoms with Crippen molar-refractivity contribution in [1.82, 2.24) is 0 Å². The molecule has 21 heavy (non-hydrogen) atoms. The maximum atomic E-state index is 13.5. The zero-order valence-electron chi connectivity index (χ0n) is 12.4. The molecule has 0 fully saturated rings. The highest BCUT2D eigenvalue weighted by Gasteiger charge is 2.29. The summed E-state index contributed by atoms with van der Waals surface area (Å²) in [6.45, 7) is 1.25. The molecular formula is C17H20FN3. The summed E-state index contributed by atoms with van der Waals surface area (Å²) < 4.78 is 13.5. The van der Waals surface area contributed by atoms with Crippen LogP contribution in [0.5, 0.6) is 0 Å². The molecule has 0 bridgehead atoms. The Balaban J connectivity index is 1.99. The van der Waals surface area contributed by atoms with Crippen LogP contribution in [0, 0.1) is 5.82 Å². The van der Waals surface area contributed by atoms with E-state index in [1.54, 1.807) is 6.07 Å². The molecule has 1 aliphatic heterocycles. The molecule has 1 aliphatic rings. The lowest BCUT2D eigenvalue weighted by Gasteiger charge is -2.27. The van der Waals surface area contributed by atoms with E-state index in [0.717, 1.165) is 29.0 Å². The molecule has 0 spiro atoms. The second kappa shape index (κ2) is 5.37. The molecule has 1 atom stereocenters. The van der Waals surface area contributed by atoms with Crippen molar-refractivity contribution in [1.29, 1.82) is 0 Å². The highest BCUT2D eigenvalue weighted by molar-refractivity contribution is 5.62. The molecule has 0 radical (unpaired) electrons. The lowest BCUT2D eigenvalue weighted by Crippen LogP contribution is -2.27. The van der Waals surface area contributed by atoms with Gasteiger partial charge in [-0.05, 0) is 41.5 Å². The molecule has 2 aromatic rings. The van der Waals surface area contributed by atoms with Gasteiger partial charge in [0.05, 0.1) is 6.04 Å². The molecule has 2 N–H and O–H groups in total. The van der Waals surface area contributed by atoms with Gasteiger partial charge in [-0.3, -0.25) is 0 Å². The van der Waals surface area contributed by atoms with Crippen molar-refractivity contribution in [2.24, 2.45) is 5.73 Å². The minimum atomic E-state index is -0.198. The molecule has 3 nitrogen and oxygen atoms in total. The van der Waals surface area contributed by atoms with Crippen molar-refractivity contribution in [3.05, 3.63) is 59.4 Å². The topological polar surface area (TPSA) is 32.5 Å². The molecule has 4 heteroatoms. The normalized spacial score (nSPS) is 17.0. The van der Waals surface area contributed by atoms with Gasteiger partial charge in [0.15, 0.2) is 0 Å². The van der Waals surface area contributed by atoms with E-state index >= 15 is 0 Å². The van der Waals surface area contributed by atoms with E-state index in [-0.39, 0.29) is 11.9 Å². The third-order valence-electron chi connectivity index (χ3n) is 4.08. The molecule has 1 heterocycles. The van der Waals surface area contributed by atoms with E-state index < -0.39 is 0 Å². The molecule has 110 valence electrons. The zero-order valence-corrected chi connectivity index (χ0v) is 12.4. The molecule has 0 amide bonds. The number of hydrogen-bond donors (Lipinski definition) is 1. The average Bonchev–Trinajstić information content (AvgIpc) is 2.85. The molecule has 0 aliphatic carbocycles. The monoisotopic (exact) mass is 285 g/mol. The number of halogens is 1. The first kappa shape index (κ1) is 13.9. The van der Waals surface area contributed by atoms with Crippen LogP contribution in [0.4, 0.5) is 15.8 Å². The maximum absolute atomic E-state index is 13.5. The fraction of sp³-hybridized carbons (Fsp3) is 0.294. The molecular weight excluding hydrogens is 265 g/mol. The number of anilines is 2. The van der Waals surface area contributed by atoms with Gasteiger partial charge in [0.25, 0.3) is 0 Å². The van der Waals surface area contributed by atoms with Gasteiger partial charge in [-0.1, -0.05) is 12.1 Å². The van der Waals surface area contributed by atoms with Crippen LogP contribution >= 0.6 is 0 Å². The van der Waals surface area contributed by atoms with Crippen LogP contribution < -0.4 is 15.5 Å². The Morgan fingerprint density at radius 3 is 2.76 bits per heavy atom. The van der Waals surface area contributed by atoms with Crippen LogP contribution in [-0.2, 0) is 6.54 Å². The van der Waals surface area contributed by atoms with Crippen molar-refractivity contribution in [2.75, 3.05) is 30.4 Å². The van der Waals surface area contributed by atoms with Crippen LogP contribution in [0.2, 0.25) is 0 Å². The van der Waals surface area contributed by atoms with Crippen molar-refractivity contribution in [3.63, 3.8) is 0 Å². The molecule has 0 aromatic heterocycles. The highest BCUT2D eigenvalue weighted by Crippen LogP contribution is 2.38. The zero-order chi connectivity index (χ0) is 15.0. The summed E-state index contributed by atoms with van der Waals surface area (Å²) in [6.07, 6.45) is 0. The van der Waals surface area contributed by atoms with Crippen LogP contribution in [0.15, 0.2) is 42.5 Å². The van der Waals surface area contributed by atoms with Crippen molar-refractivity contribution >= 4 is 11.4 Å². The van der Waals surface area contributed by atoms with Gasteiger partial charge in [0, 0.05) is 38.6 Å². The molecule has 3 rings (SSSR count). The van der Waals surface area contributed by atoms with E-state index in [1.165, 1.54) is 6.07 Å². The largest absolute Gasteiger partial charge is 0.378 e. The third-order valence-corrected chi connectivity index (χ3v) is 4.08. The second-order valence-electron chi connectivity index (χ2n) is 5.64. The first-order valence-corrected chi connectivity index (χ1v) is 7.12. The summed E-state index contributed by atoms with van der Waals surface area (Å²) in [6, 6.07) is 13.4. The summed E-state index contributed by atoms with van der Waals surface area (Å²) in [4.78, 5) is 4.32. The van der Waals surface area contributed by atoms with Crippen LogP contribution in [-0.4, -0.2) is 20.6 Å². The minimum Gasteiger partial charge on any atom is -0.378 e. The van der Waals surface area contributed by atoms with Crippen LogP contribution in [0.1, 0.15) is 17.2 Å². The highest BCUT2D eigenvalue weighted by atomic mass is 19.1. The standard InChI is InChI=1S/C17H20FN3/c1-20(2)14-4-3-5-15(9-14)21-11-12-6-7-13(18)8-16(12)17(21)10-19/h3-9,17H,10-11,19H2,1-2H3. The average molecular weight is 285 g/mol. The lowest BCUT2D eigenvalue weighted by molar-refractivity contribution is 0.620. The SMILES string of the molecule is CN(C)c1cccc(N2Cc3ccc(F)cc3C2CN)c1. The quantitative estimate of drug-likeness (QED) is 0.941. The van der Waals surface area contributed by atoms with E-state index in [2.05, 4.69) is 28.0 Å². The number of benzene rings is 2. The van der Waals surface area contributed by atoms with Gasteiger partial charge >= 0.3 is 0 Å². The first-order valence-electron chi connectivity index (χ1n) is 7.12. The summed E-state index contributed by atoms with van der Waals surface area (Å²) >= 11 is 0. The fourth-order valence-electron chi connectivity index (χ4n) is 2.96. The fourth-order valence-corrected chi connectivity index (χ4v) is 2.96. The Kier molecular flexibility index (Phi) is 3.55. The minimum absolute atomic E-state index is 0.0353. The Hall–Kier alpha value is -2.07. The molecule has 0 saturated carbocycles. The van der Waals surface area contributed by atoms with Crippen molar-refractivity contribution < 1.29 is 4.39 Å². The number of nitrogens with zero attached hydrogens (tertiary/aromatic N) is 2. The first-order chi connectivity index (χ1) is 10.1. The predicted octanol–water partition coefficient (Wildman–Crippen LogP) is 2.91. The molecule has 0 saturated heterocycles. The smallest absolute Gasteiger partial charge is 0.123 e. The summed E-state index contributed by atoms with van der Waals surface area (Å²) in [5.74, 6) is -0.198. The van der Waals surface area contributed by atoms with Gasteiger partial charge in [-0.2, -0.15) is 0 Å². The summed E-state index contributed by atoms with van der Waals surface area (Å²) in [7, 11) is 4.04. The Morgan fingerprint density at radius 2 is 2.05 bits per heavy atom. The maximum Gasteiger partial charge on any atom is 0.123 e. The Morgan fingerprint density at radius 1 is 1.24 bits per heavy atom. The van der Waals surface area contributed by atoms with Gasteiger partial charge < -0.3 is 15.5 Å². The Labute approximate surface area is 124 Å². The van der Waals surface area contributed by atoms with E-state index in [9.17, 15) is 4.39 Å². The van der Waals surface area contributed by atoms with E-state index in [1.807, 2.05) is 26.2 Å². The van der Waals surface area contributed by atoms with E-state index in [4.69, 9.17) is 5.73 Å². The summed E-state index contributed by atoms with van der Waals surface area (Å²) in [5, 5.41) is 0.